The Morgan fingerprint density at radius 1 is 1.14 bits per heavy atom. The molecule has 0 bridgehead atoms. The molecule has 0 fully saturated rings. The van der Waals surface area contributed by atoms with Crippen LogP contribution in [0.5, 0.6) is 0 Å². The van der Waals surface area contributed by atoms with Crippen molar-refractivity contribution in [1.29, 1.82) is 0 Å². The average molecular weight is 345 g/mol. The summed E-state index contributed by atoms with van der Waals surface area (Å²) in [7, 11) is 0. The number of nitrogens with one attached hydrogen (secondary N) is 1. The van der Waals surface area contributed by atoms with Crippen molar-refractivity contribution in [1.82, 2.24) is 19.9 Å². The fraction of sp³-hybridized carbons (Fsp3) is 0.250. The van der Waals surface area contributed by atoms with E-state index in [2.05, 4.69) is 60.9 Å². The molecule has 0 unspecified atom stereocenters. The van der Waals surface area contributed by atoms with E-state index in [4.69, 9.17) is 0 Å². The quantitative estimate of drug-likeness (QED) is 0.766. The molecule has 3 heterocycles. The van der Waals surface area contributed by atoms with Crippen molar-refractivity contribution in [2.45, 2.75) is 20.0 Å². The van der Waals surface area contributed by atoms with E-state index in [-0.39, 0.29) is 0 Å². The fourth-order valence-corrected chi connectivity index (χ4v) is 2.95. The zero-order valence-corrected chi connectivity index (χ0v) is 13.5. The number of halogens is 1. The maximum absolute atomic E-state index is 4.37. The van der Waals surface area contributed by atoms with E-state index in [1.165, 1.54) is 11.3 Å². The second-order valence-corrected chi connectivity index (χ2v) is 5.77. The molecule has 0 aliphatic rings. The van der Waals surface area contributed by atoms with Gasteiger partial charge in [0.25, 0.3) is 0 Å². The average Bonchev–Trinajstić information content (AvgIpc) is 2.84. The molecule has 0 saturated heterocycles. The summed E-state index contributed by atoms with van der Waals surface area (Å²) in [6, 6.07) is 8.15. The summed E-state index contributed by atoms with van der Waals surface area (Å²) >= 11 is 3.69. The van der Waals surface area contributed by atoms with E-state index >= 15 is 0 Å². The van der Waals surface area contributed by atoms with Crippen molar-refractivity contribution in [2.24, 2.45) is 0 Å². The van der Waals surface area contributed by atoms with E-state index in [9.17, 15) is 0 Å². The van der Waals surface area contributed by atoms with Crippen LogP contribution in [0.25, 0.3) is 11.0 Å². The molecule has 3 aromatic heterocycles. The first kappa shape index (κ1) is 14.2. The lowest BCUT2D eigenvalue weighted by molar-refractivity contribution is 0.268. The monoisotopic (exact) mass is 344 g/mol. The van der Waals surface area contributed by atoms with E-state index in [1.807, 2.05) is 24.7 Å². The van der Waals surface area contributed by atoms with E-state index in [0.717, 1.165) is 35.1 Å². The van der Waals surface area contributed by atoms with Crippen molar-refractivity contribution in [3.05, 3.63) is 58.6 Å². The summed E-state index contributed by atoms with van der Waals surface area (Å²) in [5, 5.41) is 1.13. The number of aromatic amines is 1. The van der Waals surface area contributed by atoms with E-state index in [0.29, 0.717) is 0 Å². The second kappa shape index (κ2) is 6.37. The number of hydrogen-bond acceptors (Lipinski definition) is 3. The Labute approximate surface area is 132 Å². The van der Waals surface area contributed by atoms with Crippen LogP contribution in [-0.4, -0.2) is 26.4 Å². The van der Waals surface area contributed by atoms with Gasteiger partial charge in [0, 0.05) is 47.2 Å². The van der Waals surface area contributed by atoms with Gasteiger partial charge in [-0.3, -0.25) is 9.88 Å². The Balaban J connectivity index is 1.81. The summed E-state index contributed by atoms with van der Waals surface area (Å²) in [5.74, 6) is 0. The molecule has 0 atom stereocenters. The lowest BCUT2D eigenvalue weighted by Crippen LogP contribution is -2.22. The minimum absolute atomic E-state index is 0.857. The highest BCUT2D eigenvalue weighted by atomic mass is 79.9. The Kier molecular flexibility index (Phi) is 4.31. The van der Waals surface area contributed by atoms with Gasteiger partial charge in [-0.15, -0.1) is 0 Å². The number of rotatable bonds is 5. The van der Waals surface area contributed by atoms with Crippen molar-refractivity contribution >= 4 is 27.0 Å². The van der Waals surface area contributed by atoms with Gasteiger partial charge in [0.1, 0.15) is 5.65 Å². The third-order valence-electron chi connectivity index (χ3n) is 3.56. The second-order valence-electron chi connectivity index (χ2n) is 4.98. The van der Waals surface area contributed by atoms with Crippen LogP contribution in [0.4, 0.5) is 0 Å². The lowest BCUT2D eigenvalue weighted by Gasteiger charge is -2.20. The molecule has 3 aromatic rings. The Hall–Kier alpha value is -1.72. The maximum Gasteiger partial charge on any atom is 0.138 e. The summed E-state index contributed by atoms with van der Waals surface area (Å²) in [6.45, 7) is 4.93. The Bertz CT molecular complexity index is 723. The first-order chi connectivity index (χ1) is 10.3. The molecular formula is C16H17BrN4. The number of nitrogens with zero attached hydrogens (tertiary/aromatic N) is 3. The smallest absolute Gasteiger partial charge is 0.138 e. The predicted molar refractivity (Wildman–Crippen MR) is 87.8 cm³/mol. The molecule has 0 aliphatic heterocycles. The molecule has 21 heavy (non-hydrogen) atoms. The minimum Gasteiger partial charge on any atom is -0.341 e. The summed E-state index contributed by atoms with van der Waals surface area (Å²) in [5.41, 5.74) is 3.37. The van der Waals surface area contributed by atoms with Gasteiger partial charge >= 0.3 is 0 Å². The molecular weight excluding hydrogens is 328 g/mol. The lowest BCUT2D eigenvalue weighted by atomic mass is 10.2. The summed E-state index contributed by atoms with van der Waals surface area (Å²) in [4.78, 5) is 14.2. The Morgan fingerprint density at radius 3 is 2.67 bits per heavy atom. The molecule has 5 heteroatoms. The van der Waals surface area contributed by atoms with Crippen LogP contribution in [0.3, 0.4) is 0 Å². The molecule has 0 aliphatic carbocycles. The normalized spacial score (nSPS) is 11.4. The van der Waals surface area contributed by atoms with Crippen LogP contribution in [0.2, 0.25) is 0 Å². The SMILES string of the molecule is CCN(Cc1ccncc1)Cc1[nH]c2ncccc2c1Br. The van der Waals surface area contributed by atoms with Crippen molar-refractivity contribution in [2.75, 3.05) is 6.54 Å². The highest BCUT2D eigenvalue weighted by Gasteiger charge is 2.12. The number of hydrogen-bond donors (Lipinski definition) is 1. The summed E-state index contributed by atoms with van der Waals surface area (Å²) in [6.07, 6.45) is 5.49. The van der Waals surface area contributed by atoms with Crippen LogP contribution in [0.15, 0.2) is 47.3 Å². The van der Waals surface area contributed by atoms with E-state index in [1.54, 1.807) is 0 Å². The van der Waals surface area contributed by atoms with Gasteiger partial charge < -0.3 is 4.98 Å². The van der Waals surface area contributed by atoms with Crippen LogP contribution >= 0.6 is 15.9 Å². The molecule has 0 amide bonds. The van der Waals surface area contributed by atoms with Crippen LogP contribution in [-0.2, 0) is 13.1 Å². The van der Waals surface area contributed by atoms with Gasteiger partial charge in [-0.2, -0.15) is 0 Å². The molecule has 108 valence electrons. The first-order valence-corrected chi connectivity index (χ1v) is 7.79. The standard InChI is InChI=1S/C16H17BrN4/c1-2-21(10-12-5-8-18-9-6-12)11-14-15(17)13-4-3-7-19-16(13)20-14/h3-9H,2,10-11H2,1H3,(H,19,20). The van der Waals surface area contributed by atoms with E-state index < -0.39 is 0 Å². The van der Waals surface area contributed by atoms with Gasteiger partial charge in [0.15, 0.2) is 0 Å². The number of fused-ring (bicyclic) bond motifs is 1. The molecule has 3 rings (SSSR count). The van der Waals surface area contributed by atoms with Crippen molar-refractivity contribution in [3.8, 4) is 0 Å². The first-order valence-electron chi connectivity index (χ1n) is 7.00. The zero-order valence-electron chi connectivity index (χ0n) is 11.9. The topological polar surface area (TPSA) is 44.8 Å². The molecule has 0 spiro atoms. The Morgan fingerprint density at radius 2 is 1.95 bits per heavy atom. The van der Waals surface area contributed by atoms with Gasteiger partial charge in [-0.1, -0.05) is 6.92 Å². The summed E-state index contributed by atoms with van der Waals surface area (Å²) < 4.78 is 1.11. The molecule has 4 nitrogen and oxygen atoms in total. The minimum atomic E-state index is 0.857. The molecule has 1 N–H and O–H groups in total. The number of aromatic nitrogens is 3. The van der Waals surface area contributed by atoms with Gasteiger partial charge in [-0.25, -0.2) is 4.98 Å². The highest BCUT2D eigenvalue weighted by molar-refractivity contribution is 9.10. The van der Waals surface area contributed by atoms with Gasteiger partial charge in [0.05, 0.1) is 0 Å². The van der Waals surface area contributed by atoms with Crippen LogP contribution < -0.4 is 0 Å². The molecule has 0 saturated carbocycles. The molecule has 0 radical (unpaired) electrons. The fourth-order valence-electron chi connectivity index (χ4n) is 2.40. The number of pyridine rings is 2. The predicted octanol–water partition coefficient (Wildman–Crippen LogP) is 3.74. The van der Waals surface area contributed by atoms with Crippen molar-refractivity contribution in [3.63, 3.8) is 0 Å². The third kappa shape index (κ3) is 3.14. The van der Waals surface area contributed by atoms with Crippen LogP contribution in [0, 0.1) is 0 Å². The van der Waals surface area contributed by atoms with Gasteiger partial charge in [0.2, 0.25) is 0 Å². The number of H-pyrrole nitrogens is 1. The van der Waals surface area contributed by atoms with Gasteiger partial charge in [-0.05, 0) is 52.3 Å². The maximum atomic E-state index is 4.37. The zero-order chi connectivity index (χ0) is 14.7. The largest absolute Gasteiger partial charge is 0.341 e. The molecule has 0 aromatic carbocycles. The van der Waals surface area contributed by atoms with Crippen LogP contribution in [0.1, 0.15) is 18.2 Å². The third-order valence-corrected chi connectivity index (χ3v) is 4.47. The van der Waals surface area contributed by atoms with Crippen molar-refractivity contribution < 1.29 is 0 Å². The highest BCUT2D eigenvalue weighted by Crippen LogP contribution is 2.27.